The molecule has 0 spiro atoms. The molecule has 100 valence electrons. The second kappa shape index (κ2) is 6.00. The van der Waals surface area contributed by atoms with Gasteiger partial charge >= 0.3 is 0 Å². The van der Waals surface area contributed by atoms with Crippen molar-refractivity contribution in [2.45, 2.75) is 45.4 Å². The number of rotatable bonds is 6. The molecule has 1 saturated carbocycles. The van der Waals surface area contributed by atoms with Crippen molar-refractivity contribution in [3.8, 4) is 5.88 Å². The van der Waals surface area contributed by atoms with Crippen molar-refractivity contribution in [3.05, 3.63) is 11.9 Å². The Bertz CT molecular complexity index is 391. The average Bonchev–Trinajstić information content (AvgIpc) is 2.31. The Morgan fingerprint density at radius 3 is 2.78 bits per heavy atom. The summed E-state index contributed by atoms with van der Waals surface area (Å²) >= 11 is 0. The molecule has 0 unspecified atom stereocenters. The first-order valence-electron chi connectivity index (χ1n) is 6.66. The Hall–Kier alpha value is -1.36. The van der Waals surface area contributed by atoms with Gasteiger partial charge in [-0.2, -0.15) is 0 Å². The van der Waals surface area contributed by atoms with Crippen molar-refractivity contribution < 1.29 is 4.74 Å². The monoisotopic (exact) mass is 250 g/mol. The quantitative estimate of drug-likeness (QED) is 0.599. The molecule has 18 heavy (non-hydrogen) atoms. The van der Waals surface area contributed by atoms with Crippen LogP contribution in [0.5, 0.6) is 5.88 Å². The summed E-state index contributed by atoms with van der Waals surface area (Å²) < 4.78 is 5.80. The second-order valence-corrected chi connectivity index (χ2v) is 5.17. The molecule has 1 aliphatic rings. The van der Waals surface area contributed by atoms with Gasteiger partial charge in [0.2, 0.25) is 5.88 Å². The van der Waals surface area contributed by atoms with E-state index in [9.17, 15) is 0 Å². The maximum absolute atomic E-state index is 5.80. The van der Waals surface area contributed by atoms with Gasteiger partial charge in [-0.3, -0.25) is 0 Å². The van der Waals surface area contributed by atoms with Gasteiger partial charge in [0.1, 0.15) is 6.33 Å². The number of nitrogens with two attached hydrogens (primary N) is 1. The third-order valence-corrected chi connectivity index (χ3v) is 3.55. The zero-order chi connectivity index (χ0) is 13.0. The number of nitrogen functional groups attached to an aromatic ring is 1. The minimum atomic E-state index is 0.274. The van der Waals surface area contributed by atoms with Crippen molar-refractivity contribution in [3.63, 3.8) is 0 Å². The first-order valence-corrected chi connectivity index (χ1v) is 6.66. The molecule has 0 aliphatic heterocycles. The van der Waals surface area contributed by atoms with Gasteiger partial charge in [-0.1, -0.05) is 33.1 Å². The number of aromatic nitrogens is 2. The Kier molecular flexibility index (Phi) is 4.36. The molecule has 1 aromatic heterocycles. The highest BCUT2D eigenvalue weighted by molar-refractivity contribution is 5.49. The van der Waals surface area contributed by atoms with Crippen molar-refractivity contribution in [1.29, 1.82) is 0 Å². The summed E-state index contributed by atoms with van der Waals surface area (Å²) in [5, 5.41) is 0. The number of anilines is 1. The van der Waals surface area contributed by atoms with Gasteiger partial charge in [0.25, 0.3) is 0 Å². The van der Waals surface area contributed by atoms with E-state index in [1.807, 2.05) is 0 Å². The lowest BCUT2D eigenvalue weighted by Crippen LogP contribution is -2.17. The molecule has 2 rings (SSSR count). The van der Waals surface area contributed by atoms with Crippen LogP contribution in [0, 0.1) is 5.92 Å². The van der Waals surface area contributed by atoms with Crippen LogP contribution in [0.25, 0.3) is 0 Å². The average molecular weight is 250 g/mol. The van der Waals surface area contributed by atoms with Crippen molar-refractivity contribution >= 4 is 5.82 Å². The molecular weight excluding hydrogens is 228 g/mol. The molecule has 0 saturated heterocycles. The molecule has 0 aromatic carbocycles. The third kappa shape index (κ3) is 2.90. The van der Waals surface area contributed by atoms with Gasteiger partial charge in [0, 0.05) is 0 Å². The lowest BCUT2D eigenvalue weighted by molar-refractivity contribution is 0.215. The predicted molar refractivity (Wildman–Crippen MR) is 71.4 cm³/mol. The van der Waals surface area contributed by atoms with E-state index < -0.39 is 0 Å². The SMILES string of the molecule is CC(C)c1c(NN)ncnc1OCCC1CCC1. The molecule has 0 atom stereocenters. The molecule has 5 nitrogen and oxygen atoms in total. The fourth-order valence-corrected chi connectivity index (χ4v) is 2.23. The van der Waals surface area contributed by atoms with Crippen molar-refractivity contribution in [2.75, 3.05) is 12.0 Å². The van der Waals surface area contributed by atoms with E-state index in [2.05, 4.69) is 29.2 Å². The molecule has 1 aromatic rings. The summed E-state index contributed by atoms with van der Waals surface area (Å²) in [5.41, 5.74) is 3.56. The van der Waals surface area contributed by atoms with E-state index in [0.29, 0.717) is 11.7 Å². The summed E-state index contributed by atoms with van der Waals surface area (Å²) in [6.07, 6.45) is 6.67. The van der Waals surface area contributed by atoms with Crippen LogP contribution >= 0.6 is 0 Å². The lowest BCUT2D eigenvalue weighted by Gasteiger charge is -2.25. The van der Waals surface area contributed by atoms with Crippen LogP contribution in [0.15, 0.2) is 6.33 Å². The number of hydrogen-bond acceptors (Lipinski definition) is 5. The maximum Gasteiger partial charge on any atom is 0.222 e. The number of nitrogens with one attached hydrogen (secondary N) is 1. The lowest BCUT2D eigenvalue weighted by atomic mass is 9.83. The normalized spacial score (nSPS) is 15.6. The number of ether oxygens (including phenoxy) is 1. The smallest absolute Gasteiger partial charge is 0.222 e. The number of nitrogens with zero attached hydrogens (tertiary/aromatic N) is 2. The van der Waals surface area contributed by atoms with E-state index in [-0.39, 0.29) is 5.92 Å². The first kappa shape index (κ1) is 13.1. The molecular formula is C13H22N4O. The standard InChI is InChI=1S/C13H22N4O/c1-9(2)11-12(17-14)15-8-16-13(11)18-7-6-10-4-3-5-10/h8-10H,3-7,14H2,1-2H3,(H,15,16,17). The van der Waals surface area contributed by atoms with Gasteiger partial charge in [-0.25, -0.2) is 15.8 Å². The fourth-order valence-electron chi connectivity index (χ4n) is 2.23. The van der Waals surface area contributed by atoms with Crippen LogP contribution < -0.4 is 16.0 Å². The zero-order valence-electron chi connectivity index (χ0n) is 11.1. The van der Waals surface area contributed by atoms with Crippen LogP contribution in [0.3, 0.4) is 0 Å². The Labute approximate surface area is 108 Å². The summed E-state index contributed by atoms with van der Waals surface area (Å²) in [5.74, 6) is 7.90. The first-order chi connectivity index (χ1) is 8.72. The van der Waals surface area contributed by atoms with Crippen LogP contribution in [-0.2, 0) is 0 Å². The minimum Gasteiger partial charge on any atom is -0.477 e. The predicted octanol–water partition coefficient (Wildman–Crippen LogP) is 2.45. The van der Waals surface area contributed by atoms with Crippen LogP contribution in [0.2, 0.25) is 0 Å². The molecule has 1 aliphatic carbocycles. The topological polar surface area (TPSA) is 73.1 Å². The zero-order valence-corrected chi connectivity index (χ0v) is 11.1. The van der Waals surface area contributed by atoms with Crippen molar-refractivity contribution in [2.24, 2.45) is 11.8 Å². The van der Waals surface area contributed by atoms with Crippen LogP contribution in [0.4, 0.5) is 5.82 Å². The van der Waals surface area contributed by atoms with E-state index >= 15 is 0 Å². The van der Waals surface area contributed by atoms with Gasteiger partial charge in [-0.15, -0.1) is 0 Å². The molecule has 0 radical (unpaired) electrons. The van der Waals surface area contributed by atoms with Gasteiger partial charge in [0.05, 0.1) is 12.2 Å². The van der Waals surface area contributed by atoms with E-state index in [1.165, 1.54) is 25.6 Å². The number of hydrazine groups is 1. The van der Waals surface area contributed by atoms with Crippen LogP contribution in [0.1, 0.15) is 51.0 Å². The highest BCUT2D eigenvalue weighted by atomic mass is 16.5. The minimum absolute atomic E-state index is 0.274. The Morgan fingerprint density at radius 2 is 2.22 bits per heavy atom. The van der Waals surface area contributed by atoms with E-state index in [0.717, 1.165) is 24.5 Å². The van der Waals surface area contributed by atoms with Gasteiger partial charge in [0.15, 0.2) is 5.82 Å². The second-order valence-electron chi connectivity index (χ2n) is 5.17. The fraction of sp³-hybridized carbons (Fsp3) is 0.692. The van der Waals surface area contributed by atoms with Crippen molar-refractivity contribution in [1.82, 2.24) is 9.97 Å². The summed E-state index contributed by atoms with van der Waals surface area (Å²) in [6, 6.07) is 0. The molecule has 0 amide bonds. The highest BCUT2D eigenvalue weighted by Crippen LogP contribution is 2.31. The molecule has 0 bridgehead atoms. The van der Waals surface area contributed by atoms with Gasteiger partial charge < -0.3 is 10.2 Å². The summed E-state index contributed by atoms with van der Waals surface area (Å²) in [4.78, 5) is 8.34. The maximum atomic E-state index is 5.80. The highest BCUT2D eigenvalue weighted by Gasteiger charge is 2.19. The molecule has 1 heterocycles. The number of hydrogen-bond donors (Lipinski definition) is 2. The Morgan fingerprint density at radius 1 is 1.44 bits per heavy atom. The van der Waals surface area contributed by atoms with Gasteiger partial charge in [-0.05, 0) is 18.3 Å². The van der Waals surface area contributed by atoms with E-state index in [4.69, 9.17) is 10.6 Å². The third-order valence-electron chi connectivity index (χ3n) is 3.55. The van der Waals surface area contributed by atoms with Crippen LogP contribution in [-0.4, -0.2) is 16.6 Å². The molecule has 3 N–H and O–H groups in total. The Balaban J connectivity index is 2.01. The summed E-state index contributed by atoms with van der Waals surface area (Å²) in [7, 11) is 0. The largest absolute Gasteiger partial charge is 0.477 e. The molecule has 5 heteroatoms. The molecule has 1 fully saturated rings. The van der Waals surface area contributed by atoms with E-state index in [1.54, 1.807) is 0 Å². The summed E-state index contributed by atoms with van der Waals surface area (Å²) in [6.45, 7) is 4.89.